The number of carbonyl (C=O) groups is 2. The zero-order chi connectivity index (χ0) is 17.0. The normalized spacial score (nSPS) is 31.8. The molecule has 1 saturated carbocycles. The minimum atomic E-state index is -0.133. The zero-order valence-electron chi connectivity index (χ0n) is 15.5. The van der Waals surface area contributed by atoms with Crippen molar-refractivity contribution in [3.05, 3.63) is 0 Å². The summed E-state index contributed by atoms with van der Waals surface area (Å²) in [6, 6.07) is 0. The molecule has 2 aliphatic heterocycles. The first-order valence-electron chi connectivity index (χ1n) is 9.92. The highest BCUT2D eigenvalue weighted by molar-refractivity contribution is 5.85. The fourth-order valence-electron chi connectivity index (χ4n) is 4.97. The van der Waals surface area contributed by atoms with Crippen LogP contribution in [0.1, 0.15) is 58.3 Å². The van der Waals surface area contributed by atoms with Crippen LogP contribution in [0.4, 0.5) is 0 Å². The highest BCUT2D eigenvalue weighted by atomic mass is 35.5. The number of nitrogens with one attached hydrogen (secondary N) is 2. The number of nitrogens with zero attached hydrogens (tertiary/aromatic N) is 1. The minimum Gasteiger partial charge on any atom is -0.356 e. The maximum Gasteiger partial charge on any atom is 0.230 e. The number of hydrogen-bond acceptors (Lipinski definition) is 3. The van der Waals surface area contributed by atoms with Crippen LogP contribution in [0.15, 0.2) is 0 Å². The first kappa shape index (κ1) is 20.5. The van der Waals surface area contributed by atoms with E-state index in [2.05, 4.69) is 15.5 Å². The van der Waals surface area contributed by atoms with E-state index in [1.165, 1.54) is 19.3 Å². The molecule has 0 spiro atoms. The Hall–Kier alpha value is -0.810. The summed E-state index contributed by atoms with van der Waals surface area (Å²) < 4.78 is 0. The molecule has 2 amide bonds. The van der Waals surface area contributed by atoms with Gasteiger partial charge in [0, 0.05) is 32.6 Å². The lowest BCUT2D eigenvalue weighted by Crippen LogP contribution is -2.53. The van der Waals surface area contributed by atoms with Gasteiger partial charge in [-0.2, -0.15) is 0 Å². The molecule has 144 valence electrons. The van der Waals surface area contributed by atoms with Gasteiger partial charge in [-0.25, -0.2) is 0 Å². The zero-order valence-corrected chi connectivity index (χ0v) is 16.3. The molecule has 1 aliphatic carbocycles. The van der Waals surface area contributed by atoms with E-state index in [9.17, 15) is 9.59 Å². The monoisotopic (exact) mass is 371 g/mol. The van der Waals surface area contributed by atoms with Crippen LogP contribution < -0.4 is 10.6 Å². The van der Waals surface area contributed by atoms with E-state index >= 15 is 0 Å². The van der Waals surface area contributed by atoms with Crippen molar-refractivity contribution in [2.24, 2.45) is 17.3 Å². The molecule has 2 N–H and O–H groups in total. The minimum absolute atomic E-state index is 0. The standard InChI is InChI=1S/C19H33N3O2.ClH/c1-2-6-17(23)21-11-15-7-5-10-22(13-15)18(24)19-9-4-3-8-16(19)12-20-14-19;/h15-16,20H,2-14H2,1H3,(H,21,23);1H/t15?,16-,19+;/m0./s1. The van der Waals surface area contributed by atoms with Gasteiger partial charge in [0.1, 0.15) is 0 Å². The number of halogens is 1. The van der Waals surface area contributed by atoms with E-state index in [1.807, 2.05) is 6.92 Å². The van der Waals surface area contributed by atoms with E-state index in [0.29, 0.717) is 24.2 Å². The smallest absolute Gasteiger partial charge is 0.230 e. The topological polar surface area (TPSA) is 61.4 Å². The molecule has 2 heterocycles. The number of carbonyl (C=O) groups excluding carboxylic acids is 2. The third kappa shape index (κ3) is 4.48. The SMILES string of the molecule is CCCC(=O)NCC1CCCN(C(=O)[C@@]23CCCC[C@H]2CNC3)C1.Cl. The summed E-state index contributed by atoms with van der Waals surface area (Å²) in [5.41, 5.74) is -0.133. The van der Waals surface area contributed by atoms with Gasteiger partial charge in [-0.05, 0) is 50.5 Å². The average Bonchev–Trinajstić information content (AvgIpc) is 3.05. The number of hydrogen-bond donors (Lipinski definition) is 2. The number of fused-ring (bicyclic) bond motifs is 1. The Morgan fingerprint density at radius 1 is 1.24 bits per heavy atom. The molecule has 3 rings (SSSR count). The van der Waals surface area contributed by atoms with Crippen molar-refractivity contribution < 1.29 is 9.59 Å². The van der Waals surface area contributed by atoms with Gasteiger partial charge < -0.3 is 15.5 Å². The summed E-state index contributed by atoms with van der Waals surface area (Å²) in [5.74, 6) is 1.48. The first-order chi connectivity index (χ1) is 11.7. The maximum absolute atomic E-state index is 13.3. The fourth-order valence-corrected chi connectivity index (χ4v) is 4.97. The molecule has 0 aromatic rings. The summed E-state index contributed by atoms with van der Waals surface area (Å²) in [6.07, 6.45) is 8.38. The van der Waals surface area contributed by atoms with Gasteiger partial charge in [0.2, 0.25) is 11.8 Å². The summed E-state index contributed by atoms with van der Waals surface area (Å²) in [4.78, 5) is 27.2. The lowest BCUT2D eigenvalue weighted by Gasteiger charge is -2.43. The molecule has 1 unspecified atom stereocenters. The van der Waals surface area contributed by atoms with Crippen molar-refractivity contribution in [3.63, 3.8) is 0 Å². The predicted molar refractivity (Wildman–Crippen MR) is 102 cm³/mol. The van der Waals surface area contributed by atoms with Crippen LogP contribution in [0, 0.1) is 17.3 Å². The van der Waals surface area contributed by atoms with Crippen LogP contribution in [0.3, 0.4) is 0 Å². The molecule has 3 atom stereocenters. The summed E-state index contributed by atoms with van der Waals surface area (Å²) in [5, 5.41) is 6.53. The molecule has 3 fully saturated rings. The van der Waals surface area contributed by atoms with E-state index in [1.54, 1.807) is 0 Å². The van der Waals surface area contributed by atoms with Crippen molar-refractivity contribution in [2.45, 2.75) is 58.3 Å². The molecule has 0 radical (unpaired) electrons. The molecule has 3 aliphatic rings. The molecule has 0 aromatic carbocycles. The molecule has 5 nitrogen and oxygen atoms in total. The van der Waals surface area contributed by atoms with Gasteiger partial charge >= 0.3 is 0 Å². The molecule has 0 aromatic heterocycles. The summed E-state index contributed by atoms with van der Waals surface area (Å²) >= 11 is 0. The van der Waals surface area contributed by atoms with E-state index in [-0.39, 0.29) is 23.7 Å². The molecule has 2 saturated heterocycles. The van der Waals surface area contributed by atoms with Gasteiger partial charge in [-0.1, -0.05) is 19.8 Å². The molecule has 25 heavy (non-hydrogen) atoms. The maximum atomic E-state index is 13.3. The van der Waals surface area contributed by atoms with Crippen LogP contribution >= 0.6 is 12.4 Å². The Morgan fingerprint density at radius 3 is 2.88 bits per heavy atom. The lowest BCUT2D eigenvalue weighted by molar-refractivity contribution is -0.147. The second-order valence-electron chi connectivity index (χ2n) is 8.04. The molecular formula is C19H34ClN3O2. The Bertz CT molecular complexity index is 474. The number of piperidine rings is 1. The lowest BCUT2D eigenvalue weighted by atomic mass is 9.67. The van der Waals surface area contributed by atoms with Crippen LogP contribution in [-0.4, -0.2) is 49.4 Å². The Morgan fingerprint density at radius 2 is 2.08 bits per heavy atom. The highest BCUT2D eigenvalue weighted by Gasteiger charge is 2.51. The second-order valence-corrected chi connectivity index (χ2v) is 8.04. The first-order valence-corrected chi connectivity index (χ1v) is 9.92. The molecular weight excluding hydrogens is 338 g/mol. The quantitative estimate of drug-likeness (QED) is 0.779. The van der Waals surface area contributed by atoms with Gasteiger partial charge in [-0.3, -0.25) is 9.59 Å². The fraction of sp³-hybridized carbons (Fsp3) is 0.895. The van der Waals surface area contributed by atoms with E-state index in [0.717, 1.165) is 58.4 Å². The number of rotatable bonds is 5. The van der Waals surface area contributed by atoms with Crippen molar-refractivity contribution in [1.29, 1.82) is 0 Å². The number of amides is 2. The van der Waals surface area contributed by atoms with Crippen LogP contribution in [0.25, 0.3) is 0 Å². The second kappa shape index (κ2) is 9.22. The Kier molecular flexibility index (Phi) is 7.56. The third-order valence-corrected chi connectivity index (χ3v) is 6.34. The molecule has 6 heteroatoms. The number of likely N-dealkylation sites (tertiary alicyclic amines) is 1. The highest BCUT2D eigenvalue weighted by Crippen LogP contribution is 2.45. The largest absolute Gasteiger partial charge is 0.356 e. The Labute approximate surface area is 158 Å². The average molecular weight is 372 g/mol. The predicted octanol–water partition coefficient (Wildman–Crippen LogP) is 2.34. The molecule has 0 bridgehead atoms. The van der Waals surface area contributed by atoms with Crippen molar-refractivity contribution in [1.82, 2.24) is 15.5 Å². The van der Waals surface area contributed by atoms with Crippen molar-refractivity contribution in [3.8, 4) is 0 Å². The van der Waals surface area contributed by atoms with Gasteiger partial charge in [-0.15, -0.1) is 12.4 Å². The van der Waals surface area contributed by atoms with E-state index < -0.39 is 0 Å². The van der Waals surface area contributed by atoms with Gasteiger partial charge in [0.15, 0.2) is 0 Å². The summed E-state index contributed by atoms with van der Waals surface area (Å²) in [6.45, 7) is 6.33. The van der Waals surface area contributed by atoms with Crippen molar-refractivity contribution in [2.75, 3.05) is 32.7 Å². The third-order valence-electron chi connectivity index (χ3n) is 6.34. The van der Waals surface area contributed by atoms with Crippen LogP contribution in [0.2, 0.25) is 0 Å². The van der Waals surface area contributed by atoms with Crippen LogP contribution in [0.5, 0.6) is 0 Å². The Balaban J connectivity index is 0.00000225. The van der Waals surface area contributed by atoms with Crippen LogP contribution in [-0.2, 0) is 9.59 Å². The van der Waals surface area contributed by atoms with Gasteiger partial charge in [0.05, 0.1) is 5.41 Å². The van der Waals surface area contributed by atoms with E-state index in [4.69, 9.17) is 0 Å². The summed E-state index contributed by atoms with van der Waals surface area (Å²) in [7, 11) is 0. The van der Waals surface area contributed by atoms with Crippen molar-refractivity contribution >= 4 is 24.2 Å². The van der Waals surface area contributed by atoms with Gasteiger partial charge in [0.25, 0.3) is 0 Å².